The molecule has 3 N–H and O–H groups in total. The lowest BCUT2D eigenvalue weighted by Gasteiger charge is -2.31. The molecule has 1 aromatic rings. The number of amides is 2. The number of carbonyl (C=O) groups is 2. The molecule has 1 aliphatic carbocycles. The molecule has 0 radical (unpaired) electrons. The Balaban J connectivity index is 1.41. The molecule has 2 heterocycles. The normalized spacial score (nSPS) is 19.5. The summed E-state index contributed by atoms with van der Waals surface area (Å²) in [7, 11) is 0. The molecule has 0 unspecified atom stereocenters. The number of aryl methyl sites for hydroxylation is 1. The third-order valence-electron chi connectivity index (χ3n) is 4.55. The van der Waals surface area contributed by atoms with E-state index in [9.17, 15) is 9.59 Å². The van der Waals surface area contributed by atoms with Crippen LogP contribution in [0.15, 0.2) is 6.20 Å². The Labute approximate surface area is 136 Å². The molecule has 1 aromatic heterocycles. The van der Waals surface area contributed by atoms with Crippen molar-refractivity contribution in [1.29, 1.82) is 0 Å². The number of nitrogens with one attached hydrogen (secondary N) is 3. The van der Waals surface area contributed by atoms with E-state index in [1.165, 1.54) is 0 Å². The minimum atomic E-state index is -0.0551. The molecule has 126 valence electrons. The highest BCUT2D eigenvalue weighted by Crippen LogP contribution is 2.18. The lowest BCUT2D eigenvalue weighted by atomic mass is 10.0. The second-order valence-corrected chi connectivity index (χ2v) is 6.48. The first-order chi connectivity index (χ1) is 11.2. The Morgan fingerprint density at radius 3 is 2.57 bits per heavy atom. The fraction of sp³-hybridized carbons (Fsp3) is 0.688. The molecule has 2 fully saturated rings. The van der Waals surface area contributed by atoms with Crippen LogP contribution in [0, 0.1) is 0 Å². The average Bonchev–Trinajstić information content (AvgIpc) is 3.21. The number of hydrogen-bond donors (Lipinski definition) is 3. The molecule has 1 saturated heterocycles. The van der Waals surface area contributed by atoms with E-state index in [1.807, 2.05) is 6.92 Å². The van der Waals surface area contributed by atoms with Crippen molar-refractivity contribution in [3.63, 3.8) is 0 Å². The van der Waals surface area contributed by atoms with E-state index in [-0.39, 0.29) is 17.9 Å². The third kappa shape index (κ3) is 4.31. The quantitative estimate of drug-likeness (QED) is 0.710. The Morgan fingerprint density at radius 2 is 1.91 bits per heavy atom. The largest absolute Gasteiger partial charge is 0.352 e. The molecular weight excluding hydrogens is 294 g/mol. The van der Waals surface area contributed by atoms with Crippen LogP contribution in [0.5, 0.6) is 0 Å². The van der Waals surface area contributed by atoms with Crippen LogP contribution >= 0.6 is 0 Å². The lowest BCUT2D eigenvalue weighted by molar-refractivity contribution is -0.122. The molecule has 3 rings (SSSR count). The van der Waals surface area contributed by atoms with Crippen molar-refractivity contribution in [2.75, 3.05) is 19.6 Å². The number of rotatable bonds is 6. The molecule has 0 bridgehead atoms. The second-order valence-electron chi connectivity index (χ2n) is 6.48. The van der Waals surface area contributed by atoms with Crippen LogP contribution in [0.2, 0.25) is 0 Å². The Morgan fingerprint density at radius 1 is 1.22 bits per heavy atom. The summed E-state index contributed by atoms with van der Waals surface area (Å²) in [5, 5.41) is 12.9. The maximum Gasteiger partial charge on any atom is 0.254 e. The van der Waals surface area contributed by atoms with Gasteiger partial charge in [-0.05, 0) is 32.1 Å². The zero-order valence-corrected chi connectivity index (χ0v) is 13.6. The summed E-state index contributed by atoms with van der Waals surface area (Å²) >= 11 is 0. The first kappa shape index (κ1) is 16.0. The smallest absolute Gasteiger partial charge is 0.254 e. The van der Waals surface area contributed by atoms with Crippen LogP contribution < -0.4 is 10.6 Å². The van der Waals surface area contributed by atoms with Gasteiger partial charge in [-0.15, -0.1) is 0 Å². The molecule has 1 saturated carbocycles. The van der Waals surface area contributed by atoms with Crippen LogP contribution in [-0.2, 0) is 11.2 Å². The van der Waals surface area contributed by atoms with E-state index in [1.54, 1.807) is 6.20 Å². The Hall–Kier alpha value is -1.89. The fourth-order valence-electron chi connectivity index (χ4n) is 2.98. The lowest BCUT2D eigenvalue weighted by Crippen LogP contribution is -2.47. The van der Waals surface area contributed by atoms with Gasteiger partial charge in [0.05, 0.1) is 18.3 Å². The minimum Gasteiger partial charge on any atom is -0.352 e. The maximum absolute atomic E-state index is 12.3. The number of aromatic amines is 1. The van der Waals surface area contributed by atoms with Crippen LogP contribution in [0.1, 0.15) is 48.7 Å². The van der Waals surface area contributed by atoms with Crippen molar-refractivity contribution in [2.45, 2.75) is 51.1 Å². The Kier molecular flexibility index (Phi) is 4.95. The van der Waals surface area contributed by atoms with Crippen LogP contribution in [-0.4, -0.2) is 58.6 Å². The topological polar surface area (TPSA) is 90.1 Å². The van der Waals surface area contributed by atoms with E-state index in [4.69, 9.17) is 0 Å². The van der Waals surface area contributed by atoms with E-state index >= 15 is 0 Å². The molecule has 1 aliphatic heterocycles. The summed E-state index contributed by atoms with van der Waals surface area (Å²) in [6.45, 7) is 4.15. The summed E-state index contributed by atoms with van der Waals surface area (Å²) in [4.78, 5) is 26.3. The number of carbonyl (C=O) groups excluding carboxylic acids is 2. The first-order valence-electron chi connectivity index (χ1n) is 8.50. The van der Waals surface area contributed by atoms with Crippen molar-refractivity contribution < 1.29 is 9.59 Å². The number of likely N-dealkylation sites (tertiary alicyclic amines) is 1. The standard InChI is InChI=1S/C16H25N5O2/c1-2-14-13(9-17-20-14)16(23)19-12-5-7-21(8-6-12)10-15(22)18-11-3-4-11/h9,11-12H,2-8,10H2,1H3,(H,17,20)(H,18,22)(H,19,23). The summed E-state index contributed by atoms with van der Waals surface area (Å²) in [6.07, 6.45) is 6.34. The molecule has 7 heteroatoms. The van der Waals surface area contributed by atoms with E-state index in [2.05, 4.69) is 25.7 Å². The van der Waals surface area contributed by atoms with Gasteiger partial charge < -0.3 is 10.6 Å². The molecule has 23 heavy (non-hydrogen) atoms. The van der Waals surface area contributed by atoms with Crippen LogP contribution in [0.3, 0.4) is 0 Å². The van der Waals surface area contributed by atoms with Gasteiger partial charge in [-0.1, -0.05) is 6.92 Å². The van der Waals surface area contributed by atoms with Gasteiger partial charge in [0, 0.05) is 30.9 Å². The van der Waals surface area contributed by atoms with Gasteiger partial charge in [0.1, 0.15) is 0 Å². The van der Waals surface area contributed by atoms with E-state index < -0.39 is 0 Å². The highest BCUT2D eigenvalue weighted by Gasteiger charge is 2.26. The van der Waals surface area contributed by atoms with Gasteiger partial charge in [0.25, 0.3) is 5.91 Å². The fourth-order valence-corrected chi connectivity index (χ4v) is 2.98. The first-order valence-corrected chi connectivity index (χ1v) is 8.50. The highest BCUT2D eigenvalue weighted by atomic mass is 16.2. The van der Waals surface area contributed by atoms with Gasteiger partial charge in [-0.2, -0.15) is 5.10 Å². The van der Waals surface area contributed by atoms with Gasteiger partial charge in [0.15, 0.2) is 0 Å². The van der Waals surface area contributed by atoms with Crippen molar-refractivity contribution in [3.05, 3.63) is 17.5 Å². The molecule has 0 atom stereocenters. The Bertz CT molecular complexity index is 559. The predicted octanol–water partition coefficient (Wildman–Crippen LogP) is 0.445. The van der Waals surface area contributed by atoms with E-state index in [0.717, 1.165) is 50.9 Å². The number of hydrogen-bond acceptors (Lipinski definition) is 4. The summed E-state index contributed by atoms with van der Waals surface area (Å²) < 4.78 is 0. The van der Waals surface area contributed by atoms with Gasteiger partial charge in [-0.25, -0.2) is 0 Å². The minimum absolute atomic E-state index is 0.0551. The number of nitrogens with zero attached hydrogens (tertiary/aromatic N) is 2. The molecule has 0 aromatic carbocycles. The summed E-state index contributed by atoms with van der Waals surface area (Å²) in [6, 6.07) is 0.590. The number of H-pyrrole nitrogens is 1. The molecule has 0 spiro atoms. The van der Waals surface area contributed by atoms with E-state index in [0.29, 0.717) is 18.2 Å². The van der Waals surface area contributed by atoms with Crippen LogP contribution in [0.4, 0.5) is 0 Å². The predicted molar refractivity (Wildman–Crippen MR) is 86.1 cm³/mol. The summed E-state index contributed by atoms with van der Waals surface area (Å²) in [5.41, 5.74) is 1.51. The maximum atomic E-state index is 12.3. The zero-order chi connectivity index (χ0) is 16.2. The van der Waals surface area contributed by atoms with Crippen molar-refractivity contribution >= 4 is 11.8 Å². The molecule has 2 amide bonds. The van der Waals surface area contributed by atoms with Gasteiger partial charge in [-0.3, -0.25) is 19.6 Å². The van der Waals surface area contributed by atoms with Gasteiger partial charge >= 0.3 is 0 Å². The highest BCUT2D eigenvalue weighted by molar-refractivity contribution is 5.95. The van der Waals surface area contributed by atoms with Crippen LogP contribution in [0.25, 0.3) is 0 Å². The number of piperidine rings is 1. The average molecular weight is 319 g/mol. The summed E-state index contributed by atoms with van der Waals surface area (Å²) in [5.74, 6) is 0.0708. The third-order valence-corrected chi connectivity index (χ3v) is 4.55. The molecule has 7 nitrogen and oxygen atoms in total. The van der Waals surface area contributed by atoms with Crippen molar-refractivity contribution in [1.82, 2.24) is 25.7 Å². The van der Waals surface area contributed by atoms with Crippen molar-refractivity contribution in [3.8, 4) is 0 Å². The SMILES string of the molecule is CCc1[nH]ncc1C(=O)NC1CCN(CC(=O)NC2CC2)CC1. The zero-order valence-electron chi connectivity index (χ0n) is 13.6. The van der Waals surface area contributed by atoms with Crippen molar-refractivity contribution in [2.24, 2.45) is 0 Å². The molecule has 2 aliphatic rings. The molecular formula is C16H25N5O2. The van der Waals surface area contributed by atoms with Gasteiger partial charge in [0.2, 0.25) is 5.91 Å². The monoisotopic (exact) mass is 319 g/mol. The second kappa shape index (κ2) is 7.12. The number of aromatic nitrogens is 2.